The minimum Gasteiger partial charge on any atom is -0.457 e. The van der Waals surface area contributed by atoms with E-state index in [4.69, 9.17) is 25.7 Å². The van der Waals surface area contributed by atoms with Gasteiger partial charge in [0, 0.05) is 33.4 Å². The summed E-state index contributed by atoms with van der Waals surface area (Å²) < 4.78 is 15.2. The summed E-state index contributed by atoms with van der Waals surface area (Å²) in [5.41, 5.74) is 6.04. The van der Waals surface area contributed by atoms with Crippen molar-refractivity contribution in [1.29, 1.82) is 0 Å². The Kier molecular flexibility index (Phi) is 5.93. The van der Waals surface area contributed by atoms with E-state index in [2.05, 4.69) is 101 Å². The van der Waals surface area contributed by atoms with Crippen molar-refractivity contribution in [2.45, 2.75) is 52.4 Å². The number of hydrogen-bond donors (Lipinski definition) is 0. The van der Waals surface area contributed by atoms with Crippen LogP contribution in [0.25, 0.3) is 49.6 Å². The molecule has 0 spiro atoms. The number of ether oxygens (including phenoxy) is 1. The van der Waals surface area contributed by atoms with Crippen molar-refractivity contribution in [2.24, 2.45) is 0 Å². The molecule has 0 aliphatic carbocycles. The molecule has 0 bridgehead atoms. The molecule has 210 valence electrons. The summed E-state index contributed by atoms with van der Waals surface area (Å²) in [4.78, 5) is 4.86. The van der Waals surface area contributed by atoms with Gasteiger partial charge in [0.05, 0.1) is 16.4 Å². The number of benzene rings is 4. The highest BCUT2D eigenvalue weighted by Gasteiger charge is 2.22. The lowest BCUT2D eigenvalue weighted by Gasteiger charge is -2.20. The summed E-state index contributed by atoms with van der Waals surface area (Å²) in [6.07, 6.45) is 1.90. The summed E-state index contributed by atoms with van der Waals surface area (Å²) in [7, 11) is 0. The molecular formula is C37H33ClN2O2. The van der Waals surface area contributed by atoms with Crippen molar-refractivity contribution in [3.05, 3.63) is 107 Å². The molecule has 0 saturated heterocycles. The van der Waals surface area contributed by atoms with Gasteiger partial charge in [-0.25, -0.2) is 4.98 Å². The molecule has 0 aliphatic heterocycles. The molecule has 5 heteroatoms. The molecule has 0 saturated carbocycles. The Morgan fingerprint density at radius 1 is 0.690 bits per heavy atom. The summed E-state index contributed by atoms with van der Waals surface area (Å²) in [6.45, 7) is 13.2. The third kappa shape index (κ3) is 4.42. The maximum Gasteiger partial charge on any atom is 0.145 e. The van der Waals surface area contributed by atoms with E-state index in [1.807, 2.05) is 36.5 Å². The van der Waals surface area contributed by atoms with Gasteiger partial charge >= 0.3 is 0 Å². The second-order valence-corrected chi connectivity index (χ2v) is 13.6. The van der Waals surface area contributed by atoms with Gasteiger partial charge in [0.25, 0.3) is 0 Å². The highest BCUT2D eigenvalue weighted by molar-refractivity contribution is 6.30. The van der Waals surface area contributed by atoms with Crippen LogP contribution < -0.4 is 4.74 Å². The second kappa shape index (κ2) is 9.37. The fraction of sp³-hybridized carbons (Fsp3) is 0.216. The van der Waals surface area contributed by atoms with Gasteiger partial charge in [-0.15, -0.1) is 0 Å². The standard InChI is InChI=1S/C37H33ClN2O2/c1-36(2,3)22-15-16-39-33(19-22)40-30-14-13-28-27-9-7-8-10-32(27)42-35(28)34(30)29-12-11-25(21-31(29)40)41-26-18-23(37(4,5)6)17-24(38)20-26/h7-21H,1-6H3. The molecule has 0 aliphatic rings. The van der Waals surface area contributed by atoms with Crippen LogP contribution in [0.3, 0.4) is 0 Å². The highest BCUT2D eigenvalue weighted by Crippen LogP contribution is 2.42. The van der Waals surface area contributed by atoms with Gasteiger partial charge in [-0.3, -0.25) is 4.57 Å². The number of fused-ring (bicyclic) bond motifs is 7. The Morgan fingerprint density at radius 2 is 1.45 bits per heavy atom. The number of pyridine rings is 1. The molecule has 7 aromatic rings. The van der Waals surface area contributed by atoms with Crippen molar-refractivity contribution in [2.75, 3.05) is 0 Å². The number of para-hydroxylation sites is 1. The molecule has 0 fully saturated rings. The van der Waals surface area contributed by atoms with Crippen molar-refractivity contribution >= 4 is 55.3 Å². The lowest BCUT2D eigenvalue weighted by Crippen LogP contribution is -2.12. The first-order valence-corrected chi connectivity index (χ1v) is 14.7. The minimum absolute atomic E-state index is 0.0198. The third-order valence-electron chi connectivity index (χ3n) is 8.06. The number of nitrogens with zero attached hydrogens (tertiary/aromatic N) is 2. The van der Waals surface area contributed by atoms with E-state index >= 15 is 0 Å². The predicted octanol–water partition coefficient (Wildman–Crippen LogP) is 11.1. The summed E-state index contributed by atoms with van der Waals surface area (Å²) in [6, 6.07) is 29.0. The minimum atomic E-state index is -0.0545. The van der Waals surface area contributed by atoms with Crippen molar-refractivity contribution in [3.8, 4) is 17.3 Å². The number of rotatable bonds is 3. The van der Waals surface area contributed by atoms with Crippen LogP contribution in [0, 0.1) is 0 Å². The van der Waals surface area contributed by atoms with E-state index in [1.165, 1.54) is 5.56 Å². The van der Waals surface area contributed by atoms with Crippen molar-refractivity contribution in [3.63, 3.8) is 0 Å². The van der Waals surface area contributed by atoms with Gasteiger partial charge < -0.3 is 9.15 Å². The Balaban J connectivity index is 1.50. The van der Waals surface area contributed by atoms with Crippen molar-refractivity contribution in [1.82, 2.24) is 9.55 Å². The molecule has 0 amide bonds. The molecule has 4 aromatic carbocycles. The van der Waals surface area contributed by atoms with E-state index in [1.54, 1.807) is 0 Å². The van der Waals surface area contributed by atoms with Gasteiger partial charge in [-0.05, 0) is 82.6 Å². The zero-order valence-electron chi connectivity index (χ0n) is 24.7. The monoisotopic (exact) mass is 572 g/mol. The Morgan fingerprint density at radius 3 is 2.24 bits per heavy atom. The average Bonchev–Trinajstić information content (AvgIpc) is 3.47. The second-order valence-electron chi connectivity index (χ2n) is 13.1. The molecule has 42 heavy (non-hydrogen) atoms. The van der Waals surface area contributed by atoms with Gasteiger partial charge in [0.2, 0.25) is 0 Å². The number of hydrogen-bond acceptors (Lipinski definition) is 3. The molecule has 3 aromatic heterocycles. The normalized spacial score (nSPS) is 12.6. The first-order chi connectivity index (χ1) is 20.0. The van der Waals surface area contributed by atoms with Crippen LogP contribution >= 0.6 is 11.6 Å². The summed E-state index contributed by atoms with van der Waals surface area (Å²) in [5.74, 6) is 2.29. The van der Waals surface area contributed by atoms with Gasteiger partial charge in [0.15, 0.2) is 0 Å². The SMILES string of the molecule is CC(C)(C)c1cc(Cl)cc(Oc2ccc3c4c5oc6ccccc6c5ccc4n(-c4cc(C(C)(C)C)ccn4)c3c2)c1. The number of furan rings is 1. The van der Waals surface area contributed by atoms with E-state index in [-0.39, 0.29) is 10.8 Å². The van der Waals surface area contributed by atoms with E-state index in [0.717, 1.165) is 60.9 Å². The molecule has 4 nitrogen and oxygen atoms in total. The van der Waals surface area contributed by atoms with E-state index < -0.39 is 0 Å². The largest absolute Gasteiger partial charge is 0.457 e. The van der Waals surface area contributed by atoms with E-state index in [9.17, 15) is 0 Å². The Hall–Kier alpha value is -4.28. The fourth-order valence-electron chi connectivity index (χ4n) is 5.77. The lowest BCUT2D eigenvalue weighted by molar-refractivity contribution is 0.479. The van der Waals surface area contributed by atoms with Crippen LogP contribution in [0.5, 0.6) is 11.5 Å². The zero-order valence-corrected chi connectivity index (χ0v) is 25.5. The average molecular weight is 573 g/mol. The quantitative estimate of drug-likeness (QED) is 0.211. The maximum atomic E-state index is 6.51. The van der Waals surface area contributed by atoms with Gasteiger partial charge in [-0.1, -0.05) is 71.3 Å². The number of halogens is 1. The zero-order chi connectivity index (χ0) is 29.4. The van der Waals surface area contributed by atoms with Gasteiger partial charge in [0.1, 0.15) is 28.5 Å². The molecular weight excluding hydrogens is 540 g/mol. The number of aromatic nitrogens is 2. The van der Waals surface area contributed by atoms with Crippen LogP contribution in [0.15, 0.2) is 95.5 Å². The molecule has 0 unspecified atom stereocenters. The van der Waals surface area contributed by atoms with Crippen LogP contribution in [0.1, 0.15) is 52.7 Å². The first kappa shape index (κ1) is 26.6. The van der Waals surface area contributed by atoms with Crippen molar-refractivity contribution < 1.29 is 9.15 Å². The lowest BCUT2D eigenvalue weighted by atomic mass is 9.87. The molecule has 0 radical (unpaired) electrons. The van der Waals surface area contributed by atoms with Crippen LogP contribution in [-0.4, -0.2) is 9.55 Å². The Labute approximate surface area is 250 Å². The predicted molar refractivity (Wildman–Crippen MR) is 175 cm³/mol. The van der Waals surface area contributed by atoms with Crippen LogP contribution in [0.2, 0.25) is 5.02 Å². The summed E-state index contributed by atoms with van der Waals surface area (Å²) >= 11 is 6.51. The molecule has 3 heterocycles. The molecule has 0 N–H and O–H groups in total. The topological polar surface area (TPSA) is 40.2 Å². The van der Waals surface area contributed by atoms with E-state index in [0.29, 0.717) is 10.8 Å². The molecule has 7 rings (SSSR count). The highest BCUT2D eigenvalue weighted by atomic mass is 35.5. The fourth-order valence-corrected chi connectivity index (χ4v) is 6.00. The third-order valence-corrected chi connectivity index (χ3v) is 8.28. The van der Waals surface area contributed by atoms with Crippen LogP contribution in [0.4, 0.5) is 0 Å². The molecule has 0 atom stereocenters. The smallest absolute Gasteiger partial charge is 0.145 e. The Bertz CT molecular complexity index is 2160. The maximum absolute atomic E-state index is 6.51. The summed E-state index contributed by atoms with van der Waals surface area (Å²) in [5, 5.41) is 5.00. The van der Waals surface area contributed by atoms with Gasteiger partial charge in [-0.2, -0.15) is 0 Å². The first-order valence-electron chi connectivity index (χ1n) is 14.3. The van der Waals surface area contributed by atoms with Crippen LogP contribution in [-0.2, 0) is 10.8 Å².